The van der Waals surface area contributed by atoms with E-state index in [0.717, 1.165) is 9.95 Å². The summed E-state index contributed by atoms with van der Waals surface area (Å²) in [7, 11) is 1.48. The van der Waals surface area contributed by atoms with E-state index in [-0.39, 0.29) is 17.9 Å². The maximum Gasteiger partial charge on any atom is 0.331 e. The van der Waals surface area contributed by atoms with Crippen LogP contribution in [0.25, 0.3) is 22.1 Å². The molecule has 2 aromatic heterocycles. The Bertz CT molecular complexity index is 1180. The van der Waals surface area contributed by atoms with Crippen LogP contribution in [-0.2, 0) is 11.3 Å². The summed E-state index contributed by atoms with van der Waals surface area (Å²) in [6.07, 6.45) is 1.32. The van der Waals surface area contributed by atoms with Crippen LogP contribution in [0.4, 0.5) is 0 Å². The molecular formula is C19H14N2O5. The van der Waals surface area contributed by atoms with Gasteiger partial charge < -0.3 is 13.9 Å². The third kappa shape index (κ3) is 2.69. The molecule has 0 spiro atoms. The summed E-state index contributed by atoms with van der Waals surface area (Å²) in [6.45, 7) is -0.295. The van der Waals surface area contributed by atoms with Gasteiger partial charge in [0.2, 0.25) is 5.58 Å². The van der Waals surface area contributed by atoms with E-state index < -0.39 is 11.5 Å². The van der Waals surface area contributed by atoms with E-state index in [4.69, 9.17) is 13.9 Å². The predicted octanol–water partition coefficient (Wildman–Crippen LogP) is 2.76. The highest BCUT2D eigenvalue weighted by Gasteiger charge is 2.16. The third-order valence-corrected chi connectivity index (χ3v) is 3.94. The smallest absolute Gasteiger partial charge is 0.331 e. The van der Waals surface area contributed by atoms with Gasteiger partial charge in [-0.25, -0.2) is 9.78 Å². The van der Waals surface area contributed by atoms with Crippen LogP contribution in [0.1, 0.15) is 0 Å². The fourth-order valence-electron chi connectivity index (χ4n) is 2.73. The molecule has 4 aromatic rings. The quantitative estimate of drug-likeness (QED) is 0.416. The van der Waals surface area contributed by atoms with E-state index in [2.05, 4.69) is 4.98 Å². The molecule has 2 aromatic carbocycles. The van der Waals surface area contributed by atoms with Gasteiger partial charge in [0.15, 0.2) is 11.5 Å². The fraction of sp³-hybridized carbons (Fsp3) is 0.105. The van der Waals surface area contributed by atoms with Gasteiger partial charge in [-0.1, -0.05) is 24.3 Å². The van der Waals surface area contributed by atoms with E-state index in [1.807, 2.05) is 18.2 Å². The van der Waals surface area contributed by atoms with Crippen LogP contribution < -0.4 is 15.0 Å². The van der Waals surface area contributed by atoms with Crippen LogP contribution >= 0.6 is 0 Å². The second-order valence-corrected chi connectivity index (χ2v) is 5.58. The fourth-order valence-corrected chi connectivity index (χ4v) is 2.73. The highest BCUT2D eigenvalue weighted by molar-refractivity contribution is 6.01. The molecule has 0 radical (unpaired) electrons. The maximum atomic E-state index is 12.6. The van der Waals surface area contributed by atoms with E-state index >= 15 is 0 Å². The van der Waals surface area contributed by atoms with Crippen molar-refractivity contribution in [2.75, 3.05) is 7.11 Å². The van der Waals surface area contributed by atoms with E-state index in [9.17, 15) is 9.59 Å². The minimum atomic E-state index is -0.617. The average Bonchev–Trinajstić information content (AvgIpc) is 3.04. The van der Waals surface area contributed by atoms with E-state index in [1.165, 1.54) is 13.4 Å². The summed E-state index contributed by atoms with van der Waals surface area (Å²) in [4.78, 5) is 29.1. The highest BCUT2D eigenvalue weighted by atomic mass is 16.6. The number of esters is 1. The summed E-state index contributed by atoms with van der Waals surface area (Å²) in [5.41, 5.74) is 0.711. The second kappa shape index (κ2) is 6.36. The molecule has 7 heteroatoms. The van der Waals surface area contributed by atoms with Crippen LogP contribution in [0.3, 0.4) is 0 Å². The number of rotatable bonds is 4. The van der Waals surface area contributed by atoms with Crippen LogP contribution in [0.15, 0.2) is 64.1 Å². The minimum absolute atomic E-state index is 0.110. The predicted molar refractivity (Wildman–Crippen MR) is 94.4 cm³/mol. The van der Waals surface area contributed by atoms with Crippen LogP contribution in [0, 0.1) is 0 Å². The zero-order valence-electron chi connectivity index (χ0n) is 13.8. The van der Waals surface area contributed by atoms with E-state index in [1.54, 1.807) is 30.3 Å². The van der Waals surface area contributed by atoms with Crippen LogP contribution in [0.2, 0.25) is 0 Å². The molecule has 130 valence electrons. The van der Waals surface area contributed by atoms with Gasteiger partial charge in [0.1, 0.15) is 17.6 Å². The van der Waals surface area contributed by atoms with Gasteiger partial charge in [-0.05, 0) is 24.3 Å². The van der Waals surface area contributed by atoms with Crippen molar-refractivity contribution in [3.05, 3.63) is 65.2 Å². The third-order valence-electron chi connectivity index (χ3n) is 3.94. The second-order valence-electron chi connectivity index (χ2n) is 5.58. The van der Waals surface area contributed by atoms with Gasteiger partial charge in [0, 0.05) is 5.39 Å². The molecule has 26 heavy (non-hydrogen) atoms. The monoisotopic (exact) mass is 350 g/mol. The highest BCUT2D eigenvalue weighted by Crippen LogP contribution is 2.26. The number of carbonyl (C=O) groups excluding carboxylic acids is 1. The Morgan fingerprint density at radius 2 is 1.85 bits per heavy atom. The molecular weight excluding hydrogens is 336 g/mol. The molecule has 0 aliphatic rings. The molecule has 0 aliphatic heterocycles. The molecule has 0 aliphatic carbocycles. The van der Waals surface area contributed by atoms with Crippen molar-refractivity contribution in [2.45, 2.75) is 6.54 Å². The number of furan rings is 1. The van der Waals surface area contributed by atoms with E-state index in [0.29, 0.717) is 16.8 Å². The van der Waals surface area contributed by atoms with Crippen molar-refractivity contribution in [3.8, 4) is 11.5 Å². The minimum Gasteiger partial charge on any atom is -0.493 e. The molecule has 7 nitrogen and oxygen atoms in total. The van der Waals surface area contributed by atoms with Gasteiger partial charge in [-0.2, -0.15) is 0 Å². The SMILES string of the molecule is COc1ccccc1OC(=O)Cn1cnc2c(oc3ccccc32)c1=O. The van der Waals surface area contributed by atoms with Crippen molar-refractivity contribution in [2.24, 2.45) is 0 Å². The molecule has 4 rings (SSSR count). The molecule has 0 fully saturated rings. The number of aromatic nitrogens is 2. The Kier molecular flexibility index (Phi) is 3.89. The summed E-state index contributed by atoms with van der Waals surface area (Å²) in [5.74, 6) is 0.0961. The lowest BCUT2D eigenvalue weighted by atomic mass is 10.2. The molecule has 0 saturated heterocycles. The van der Waals surface area contributed by atoms with Gasteiger partial charge in [0.25, 0.3) is 5.56 Å². The molecule has 0 N–H and O–H groups in total. The Balaban J connectivity index is 1.65. The maximum absolute atomic E-state index is 12.6. The van der Waals surface area contributed by atoms with Crippen molar-refractivity contribution in [1.82, 2.24) is 9.55 Å². The first-order valence-corrected chi connectivity index (χ1v) is 7.88. The standard InChI is InChI=1S/C19H14N2O5/c1-24-14-8-4-5-9-15(14)25-16(22)10-21-11-20-17-12-6-2-3-7-13(12)26-18(17)19(21)23/h2-9,11H,10H2,1H3. The summed E-state index contributed by atoms with van der Waals surface area (Å²) in [5, 5.41) is 0.753. The molecule has 0 unspecified atom stereocenters. The number of ether oxygens (including phenoxy) is 2. The molecule has 0 saturated carbocycles. The lowest BCUT2D eigenvalue weighted by Crippen LogP contribution is -2.26. The zero-order chi connectivity index (χ0) is 18.1. The Morgan fingerprint density at radius 3 is 2.65 bits per heavy atom. The van der Waals surface area contributed by atoms with Gasteiger partial charge in [-0.3, -0.25) is 9.36 Å². The van der Waals surface area contributed by atoms with Gasteiger partial charge in [-0.15, -0.1) is 0 Å². The number of para-hydroxylation sites is 3. The van der Waals surface area contributed by atoms with Crippen LogP contribution in [0.5, 0.6) is 11.5 Å². The number of methoxy groups -OCH3 is 1. The van der Waals surface area contributed by atoms with Crippen molar-refractivity contribution in [3.63, 3.8) is 0 Å². The Morgan fingerprint density at radius 1 is 1.12 bits per heavy atom. The first kappa shape index (κ1) is 15.9. The van der Waals surface area contributed by atoms with Crippen molar-refractivity contribution >= 4 is 28.0 Å². The number of hydrogen-bond acceptors (Lipinski definition) is 6. The largest absolute Gasteiger partial charge is 0.493 e. The first-order chi connectivity index (χ1) is 12.7. The zero-order valence-corrected chi connectivity index (χ0v) is 13.8. The molecule has 0 bridgehead atoms. The van der Waals surface area contributed by atoms with Crippen LogP contribution in [-0.4, -0.2) is 22.6 Å². The molecule has 0 atom stereocenters. The van der Waals surface area contributed by atoms with Gasteiger partial charge >= 0.3 is 5.97 Å². The van der Waals surface area contributed by atoms with Gasteiger partial charge in [0.05, 0.1) is 13.4 Å². The molecule has 2 heterocycles. The van der Waals surface area contributed by atoms with Crippen molar-refractivity contribution < 1.29 is 18.7 Å². The topological polar surface area (TPSA) is 83.6 Å². The summed E-state index contributed by atoms with van der Waals surface area (Å²) in [6, 6.07) is 14.0. The lowest BCUT2D eigenvalue weighted by molar-refractivity contribution is -0.135. The molecule has 0 amide bonds. The number of nitrogens with zero attached hydrogens (tertiary/aromatic N) is 2. The number of hydrogen-bond donors (Lipinski definition) is 0. The summed E-state index contributed by atoms with van der Waals surface area (Å²) >= 11 is 0. The lowest BCUT2D eigenvalue weighted by Gasteiger charge is -2.09. The number of carbonyl (C=O) groups is 1. The first-order valence-electron chi connectivity index (χ1n) is 7.88. The summed E-state index contributed by atoms with van der Waals surface area (Å²) < 4.78 is 17.2. The Hall–Kier alpha value is -3.61. The number of fused-ring (bicyclic) bond motifs is 3. The number of benzene rings is 2. The van der Waals surface area contributed by atoms with Crippen molar-refractivity contribution in [1.29, 1.82) is 0 Å². The normalized spacial score (nSPS) is 11.0. The Labute approximate surface area is 147 Å². The average molecular weight is 350 g/mol.